The first kappa shape index (κ1) is 14.9. The fourth-order valence-electron chi connectivity index (χ4n) is 1.56. The molecule has 0 fully saturated rings. The summed E-state index contributed by atoms with van der Waals surface area (Å²) in [5.41, 5.74) is 1.03. The average Bonchev–Trinajstić information content (AvgIpc) is 2.45. The predicted octanol–water partition coefficient (Wildman–Crippen LogP) is 3.80. The minimum atomic E-state index is -0.173. The topological polar surface area (TPSA) is 38.3 Å². The van der Waals surface area contributed by atoms with Crippen molar-refractivity contribution < 1.29 is 9.53 Å². The number of ether oxygens (including phenoxy) is 1. The van der Waals surface area contributed by atoms with E-state index in [1.807, 2.05) is 24.3 Å². The van der Waals surface area contributed by atoms with Crippen molar-refractivity contribution in [2.45, 2.75) is 6.54 Å². The summed E-state index contributed by atoms with van der Waals surface area (Å²) in [6.45, 7) is 0.446. The summed E-state index contributed by atoms with van der Waals surface area (Å²) in [6, 6.07) is 14.7. The third kappa shape index (κ3) is 4.87. The number of benzene rings is 2. The van der Waals surface area contributed by atoms with Crippen molar-refractivity contribution in [3.05, 3.63) is 63.6 Å². The Labute approximate surface area is 131 Å². The monoisotopic (exact) mass is 353 g/mol. The molecule has 0 spiro atoms. The zero-order valence-corrected chi connectivity index (χ0v) is 12.9. The quantitative estimate of drug-likeness (QED) is 0.887. The lowest BCUT2D eigenvalue weighted by molar-refractivity contribution is -0.123. The van der Waals surface area contributed by atoms with Crippen LogP contribution in [0.1, 0.15) is 5.56 Å². The van der Waals surface area contributed by atoms with Gasteiger partial charge in [0.25, 0.3) is 5.91 Å². The normalized spacial score (nSPS) is 10.1. The molecule has 0 aromatic heterocycles. The van der Waals surface area contributed by atoms with Crippen LogP contribution in [0.3, 0.4) is 0 Å². The molecule has 0 bridgehead atoms. The molecule has 0 aliphatic carbocycles. The van der Waals surface area contributed by atoms with Gasteiger partial charge in [0.05, 0.1) is 0 Å². The zero-order chi connectivity index (χ0) is 14.4. The van der Waals surface area contributed by atoms with Crippen LogP contribution >= 0.6 is 27.5 Å². The van der Waals surface area contributed by atoms with E-state index < -0.39 is 0 Å². The molecule has 0 heterocycles. The maximum atomic E-state index is 11.7. The fraction of sp³-hybridized carbons (Fsp3) is 0.133. The first-order valence-electron chi connectivity index (χ1n) is 6.03. The van der Waals surface area contributed by atoms with E-state index in [1.54, 1.807) is 24.3 Å². The smallest absolute Gasteiger partial charge is 0.258 e. The molecule has 2 aromatic rings. The standard InChI is InChI=1S/C15H13BrClNO2/c16-12-6-4-11(5-7-12)9-18-15(19)10-20-14-3-1-2-13(17)8-14/h1-8H,9-10H2,(H,18,19). The van der Waals surface area contributed by atoms with Gasteiger partial charge in [0.2, 0.25) is 0 Å². The van der Waals surface area contributed by atoms with Crippen LogP contribution in [0.4, 0.5) is 0 Å². The largest absolute Gasteiger partial charge is 0.484 e. The van der Waals surface area contributed by atoms with Crippen LogP contribution in [0.15, 0.2) is 53.0 Å². The maximum Gasteiger partial charge on any atom is 0.258 e. The summed E-state index contributed by atoms with van der Waals surface area (Å²) in [5, 5.41) is 3.37. The van der Waals surface area contributed by atoms with Gasteiger partial charge in [-0.15, -0.1) is 0 Å². The maximum absolute atomic E-state index is 11.7. The van der Waals surface area contributed by atoms with Crippen LogP contribution < -0.4 is 10.1 Å². The number of carbonyl (C=O) groups excluding carboxylic acids is 1. The highest BCUT2D eigenvalue weighted by atomic mass is 79.9. The van der Waals surface area contributed by atoms with Crippen molar-refractivity contribution in [2.75, 3.05) is 6.61 Å². The third-order valence-electron chi connectivity index (χ3n) is 2.57. The number of amides is 1. The van der Waals surface area contributed by atoms with E-state index >= 15 is 0 Å². The number of carbonyl (C=O) groups is 1. The highest BCUT2D eigenvalue weighted by Gasteiger charge is 2.03. The van der Waals surface area contributed by atoms with Gasteiger partial charge in [-0.25, -0.2) is 0 Å². The van der Waals surface area contributed by atoms with E-state index in [4.69, 9.17) is 16.3 Å². The van der Waals surface area contributed by atoms with Gasteiger partial charge in [0.1, 0.15) is 5.75 Å². The van der Waals surface area contributed by atoms with E-state index in [1.165, 1.54) is 0 Å². The Morgan fingerprint density at radius 1 is 1.20 bits per heavy atom. The summed E-state index contributed by atoms with van der Waals surface area (Å²) in [4.78, 5) is 11.7. The van der Waals surface area contributed by atoms with Gasteiger partial charge < -0.3 is 10.1 Å². The molecule has 20 heavy (non-hydrogen) atoms. The second-order valence-electron chi connectivity index (χ2n) is 4.15. The number of nitrogens with one attached hydrogen (secondary N) is 1. The van der Waals surface area contributed by atoms with Crippen LogP contribution in [0.2, 0.25) is 5.02 Å². The van der Waals surface area contributed by atoms with Crippen molar-refractivity contribution in [3.63, 3.8) is 0 Å². The van der Waals surface area contributed by atoms with Gasteiger partial charge >= 0.3 is 0 Å². The second kappa shape index (κ2) is 7.31. The molecule has 2 rings (SSSR count). The lowest BCUT2D eigenvalue weighted by Crippen LogP contribution is -2.28. The van der Waals surface area contributed by atoms with Gasteiger partial charge in [-0.05, 0) is 35.9 Å². The number of rotatable bonds is 5. The Bertz CT molecular complexity index is 587. The molecular formula is C15H13BrClNO2. The van der Waals surface area contributed by atoms with E-state index in [0.29, 0.717) is 17.3 Å². The molecular weight excluding hydrogens is 342 g/mol. The number of halogens is 2. The molecule has 3 nitrogen and oxygen atoms in total. The van der Waals surface area contributed by atoms with E-state index in [-0.39, 0.29) is 12.5 Å². The average molecular weight is 355 g/mol. The molecule has 0 aliphatic rings. The Morgan fingerprint density at radius 2 is 1.95 bits per heavy atom. The van der Waals surface area contributed by atoms with Gasteiger partial charge in [-0.1, -0.05) is 45.7 Å². The van der Waals surface area contributed by atoms with Crippen LogP contribution in [-0.4, -0.2) is 12.5 Å². The Kier molecular flexibility index (Phi) is 5.44. The Balaban J connectivity index is 1.77. The van der Waals surface area contributed by atoms with Crippen molar-refractivity contribution in [1.82, 2.24) is 5.32 Å². The first-order chi connectivity index (χ1) is 9.63. The van der Waals surface area contributed by atoms with Crippen molar-refractivity contribution >= 4 is 33.4 Å². The minimum Gasteiger partial charge on any atom is -0.484 e. The second-order valence-corrected chi connectivity index (χ2v) is 5.50. The zero-order valence-electron chi connectivity index (χ0n) is 10.6. The Morgan fingerprint density at radius 3 is 2.65 bits per heavy atom. The lowest BCUT2D eigenvalue weighted by atomic mass is 10.2. The SMILES string of the molecule is O=C(COc1cccc(Cl)c1)NCc1ccc(Br)cc1. The molecule has 2 aromatic carbocycles. The molecule has 104 valence electrons. The molecule has 0 aliphatic heterocycles. The molecule has 0 radical (unpaired) electrons. The highest BCUT2D eigenvalue weighted by molar-refractivity contribution is 9.10. The number of hydrogen-bond acceptors (Lipinski definition) is 2. The first-order valence-corrected chi connectivity index (χ1v) is 7.20. The van der Waals surface area contributed by atoms with Gasteiger partial charge in [-0.3, -0.25) is 4.79 Å². The predicted molar refractivity (Wildman–Crippen MR) is 82.9 cm³/mol. The molecule has 0 unspecified atom stereocenters. The highest BCUT2D eigenvalue weighted by Crippen LogP contribution is 2.16. The van der Waals surface area contributed by atoms with Crippen molar-refractivity contribution in [2.24, 2.45) is 0 Å². The van der Waals surface area contributed by atoms with Gasteiger partial charge in [-0.2, -0.15) is 0 Å². The summed E-state index contributed by atoms with van der Waals surface area (Å²) < 4.78 is 6.36. The molecule has 0 saturated heterocycles. The van der Waals surface area contributed by atoms with Gasteiger partial charge in [0.15, 0.2) is 6.61 Å². The molecule has 5 heteroatoms. The number of hydrogen-bond donors (Lipinski definition) is 1. The van der Waals surface area contributed by atoms with Crippen LogP contribution in [0, 0.1) is 0 Å². The minimum absolute atomic E-state index is 0.0309. The van der Waals surface area contributed by atoms with Crippen molar-refractivity contribution in [1.29, 1.82) is 0 Å². The van der Waals surface area contributed by atoms with Gasteiger partial charge in [0, 0.05) is 16.0 Å². The Hall–Kier alpha value is -1.52. The summed E-state index contributed by atoms with van der Waals surface area (Å²) in [7, 11) is 0. The molecule has 0 atom stereocenters. The summed E-state index contributed by atoms with van der Waals surface area (Å²) in [5.74, 6) is 0.407. The van der Waals surface area contributed by atoms with E-state index in [2.05, 4.69) is 21.2 Å². The van der Waals surface area contributed by atoms with E-state index in [9.17, 15) is 4.79 Å². The third-order valence-corrected chi connectivity index (χ3v) is 3.33. The fourth-order valence-corrected chi connectivity index (χ4v) is 2.00. The summed E-state index contributed by atoms with van der Waals surface area (Å²) in [6.07, 6.45) is 0. The summed E-state index contributed by atoms with van der Waals surface area (Å²) >= 11 is 9.19. The van der Waals surface area contributed by atoms with Crippen molar-refractivity contribution in [3.8, 4) is 5.75 Å². The molecule has 1 amide bonds. The molecule has 0 saturated carbocycles. The molecule has 1 N–H and O–H groups in total. The van der Waals surface area contributed by atoms with Crippen LogP contribution in [0.25, 0.3) is 0 Å². The van der Waals surface area contributed by atoms with Crippen LogP contribution in [0.5, 0.6) is 5.75 Å². The van der Waals surface area contributed by atoms with E-state index in [0.717, 1.165) is 10.0 Å². The lowest BCUT2D eigenvalue weighted by Gasteiger charge is -2.08. The van der Waals surface area contributed by atoms with Crippen LogP contribution in [-0.2, 0) is 11.3 Å².